The Kier molecular flexibility index (Phi) is 5.68. The largest absolute Gasteiger partial charge is 0.497 e. The number of carbonyl (C=O) groups excluding carboxylic acids is 1. The van der Waals surface area contributed by atoms with Crippen molar-refractivity contribution in [1.29, 1.82) is 0 Å². The zero-order valence-corrected chi connectivity index (χ0v) is 14.7. The van der Waals surface area contributed by atoms with E-state index in [0.717, 1.165) is 12.2 Å². The lowest BCUT2D eigenvalue weighted by Gasteiger charge is -2.22. The van der Waals surface area contributed by atoms with Gasteiger partial charge in [0.15, 0.2) is 0 Å². The summed E-state index contributed by atoms with van der Waals surface area (Å²) in [7, 11) is 1.66. The predicted octanol–water partition coefficient (Wildman–Crippen LogP) is 2.35. The van der Waals surface area contributed by atoms with Crippen molar-refractivity contribution in [2.24, 2.45) is 0 Å². The first-order chi connectivity index (χ1) is 12.2. The number of aryl methyl sites for hydroxylation is 1. The van der Waals surface area contributed by atoms with Crippen molar-refractivity contribution in [3.05, 3.63) is 65.7 Å². The van der Waals surface area contributed by atoms with E-state index >= 15 is 0 Å². The molecule has 0 bridgehead atoms. The van der Waals surface area contributed by atoms with Gasteiger partial charge in [0, 0.05) is 18.4 Å². The zero-order chi connectivity index (χ0) is 17.6. The molecular formula is C20H25N3O2. The molecule has 0 aliphatic carbocycles. The molecule has 3 rings (SSSR count). The van der Waals surface area contributed by atoms with E-state index in [2.05, 4.69) is 35.2 Å². The third-order valence-electron chi connectivity index (χ3n) is 4.67. The zero-order valence-electron chi connectivity index (χ0n) is 14.7. The molecule has 5 heteroatoms. The molecular weight excluding hydrogens is 314 g/mol. The van der Waals surface area contributed by atoms with Crippen molar-refractivity contribution in [2.75, 3.05) is 7.11 Å². The number of carbonyl (C=O) groups is 1. The van der Waals surface area contributed by atoms with Crippen molar-refractivity contribution in [3.8, 4) is 5.75 Å². The van der Waals surface area contributed by atoms with Crippen LogP contribution in [0.1, 0.15) is 30.4 Å². The minimum absolute atomic E-state index is 0.0516. The molecule has 2 aromatic carbocycles. The first kappa shape index (κ1) is 17.5. The molecule has 3 atom stereocenters. The molecule has 132 valence electrons. The minimum Gasteiger partial charge on any atom is -0.497 e. The monoisotopic (exact) mass is 339 g/mol. The number of hydrogen-bond acceptors (Lipinski definition) is 4. The molecule has 1 heterocycles. The summed E-state index contributed by atoms with van der Waals surface area (Å²) in [5.41, 5.74) is 8.77. The van der Waals surface area contributed by atoms with Crippen molar-refractivity contribution >= 4 is 5.91 Å². The minimum atomic E-state index is -0.133. The number of ether oxygens (including phenoxy) is 1. The fourth-order valence-corrected chi connectivity index (χ4v) is 3.27. The lowest BCUT2D eigenvalue weighted by atomic mass is 9.91. The number of rotatable bonds is 6. The highest BCUT2D eigenvalue weighted by molar-refractivity contribution is 5.76. The molecule has 1 aliphatic rings. The normalized spacial score (nSPS) is 22.6. The van der Waals surface area contributed by atoms with Gasteiger partial charge in [-0.2, -0.15) is 0 Å². The van der Waals surface area contributed by atoms with Gasteiger partial charge in [0.05, 0.1) is 7.11 Å². The van der Waals surface area contributed by atoms with Crippen LogP contribution in [0, 0.1) is 0 Å². The Morgan fingerprint density at radius 2 is 1.80 bits per heavy atom. The fourth-order valence-electron chi connectivity index (χ4n) is 3.27. The number of hydrogen-bond donors (Lipinski definition) is 3. The van der Waals surface area contributed by atoms with Crippen molar-refractivity contribution in [1.82, 2.24) is 16.2 Å². The Bertz CT molecular complexity index is 688. The highest BCUT2D eigenvalue weighted by Crippen LogP contribution is 2.27. The molecule has 25 heavy (non-hydrogen) atoms. The van der Waals surface area contributed by atoms with Crippen LogP contribution in [0.15, 0.2) is 54.6 Å². The summed E-state index contributed by atoms with van der Waals surface area (Å²) in [6, 6.07) is 18.3. The summed E-state index contributed by atoms with van der Waals surface area (Å²) in [6.45, 7) is 2.11. The molecule has 3 N–H and O–H groups in total. The Morgan fingerprint density at radius 1 is 1.08 bits per heavy atom. The van der Waals surface area contributed by atoms with E-state index < -0.39 is 0 Å². The molecule has 3 unspecified atom stereocenters. The second kappa shape index (κ2) is 8.14. The summed E-state index contributed by atoms with van der Waals surface area (Å²) in [5, 5.41) is 3.11. The molecule has 1 aliphatic heterocycles. The van der Waals surface area contributed by atoms with Gasteiger partial charge in [0.25, 0.3) is 0 Å². The van der Waals surface area contributed by atoms with E-state index in [0.29, 0.717) is 6.42 Å². The Hall–Kier alpha value is -2.37. The Labute approximate surface area is 148 Å². The number of benzene rings is 2. The van der Waals surface area contributed by atoms with Gasteiger partial charge in [-0.05, 0) is 36.6 Å². The fraction of sp³-hybridized carbons (Fsp3) is 0.350. The average molecular weight is 339 g/mol. The number of methoxy groups -OCH3 is 1. The second-order valence-electron chi connectivity index (χ2n) is 6.41. The molecule has 0 radical (unpaired) electrons. The van der Waals surface area contributed by atoms with E-state index in [1.54, 1.807) is 7.11 Å². The molecule has 1 fully saturated rings. The van der Waals surface area contributed by atoms with Crippen LogP contribution in [0.3, 0.4) is 0 Å². The molecule has 5 nitrogen and oxygen atoms in total. The van der Waals surface area contributed by atoms with E-state index in [9.17, 15) is 4.79 Å². The standard InChI is InChI=1S/C20H25N3O2/c1-14-19(16-9-11-17(25-2)12-10-16)20(23-22-14)21-18(24)13-8-15-6-4-3-5-7-15/h3-7,9-12,14,19-20,22-23H,8,13H2,1-2H3,(H,21,24). The van der Waals surface area contributed by atoms with Gasteiger partial charge in [0.1, 0.15) is 11.9 Å². The maximum atomic E-state index is 12.4. The van der Waals surface area contributed by atoms with Crippen molar-refractivity contribution in [2.45, 2.75) is 37.9 Å². The van der Waals surface area contributed by atoms with E-state index in [1.807, 2.05) is 42.5 Å². The van der Waals surface area contributed by atoms with Crippen LogP contribution < -0.4 is 20.9 Å². The molecule has 0 spiro atoms. The number of nitrogens with one attached hydrogen (secondary N) is 3. The lowest BCUT2D eigenvalue weighted by Crippen LogP contribution is -2.46. The quantitative estimate of drug-likeness (QED) is 0.756. The van der Waals surface area contributed by atoms with Crippen LogP contribution in [-0.2, 0) is 11.2 Å². The smallest absolute Gasteiger partial charge is 0.221 e. The summed E-state index contributed by atoms with van der Waals surface area (Å²) < 4.78 is 5.22. The van der Waals surface area contributed by atoms with E-state index in [1.165, 1.54) is 11.1 Å². The molecule has 1 amide bonds. The van der Waals surface area contributed by atoms with Gasteiger partial charge in [-0.15, -0.1) is 0 Å². The van der Waals surface area contributed by atoms with Crippen LogP contribution in [0.25, 0.3) is 0 Å². The topological polar surface area (TPSA) is 62.4 Å². The molecule has 0 saturated carbocycles. The molecule has 0 aromatic heterocycles. The molecule has 2 aromatic rings. The van der Waals surface area contributed by atoms with Gasteiger partial charge in [-0.1, -0.05) is 42.5 Å². The van der Waals surface area contributed by atoms with Gasteiger partial charge in [-0.3, -0.25) is 10.2 Å². The molecule has 1 saturated heterocycles. The summed E-state index contributed by atoms with van der Waals surface area (Å²) in [5.74, 6) is 1.04. The van der Waals surface area contributed by atoms with Crippen molar-refractivity contribution in [3.63, 3.8) is 0 Å². The van der Waals surface area contributed by atoms with E-state index in [-0.39, 0.29) is 24.0 Å². The number of hydrazine groups is 1. The first-order valence-corrected chi connectivity index (χ1v) is 8.65. The van der Waals surface area contributed by atoms with Crippen LogP contribution in [-0.4, -0.2) is 25.2 Å². The maximum Gasteiger partial charge on any atom is 0.221 e. The first-order valence-electron chi connectivity index (χ1n) is 8.65. The van der Waals surface area contributed by atoms with E-state index in [4.69, 9.17) is 4.74 Å². The predicted molar refractivity (Wildman–Crippen MR) is 98.2 cm³/mol. The maximum absolute atomic E-state index is 12.4. The third kappa shape index (κ3) is 4.38. The highest BCUT2D eigenvalue weighted by Gasteiger charge is 2.35. The summed E-state index contributed by atoms with van der Waals surface area (Å²) in [4.78, 5) is 12.4. The van der Waals surface area contributed by atoms with Crippen LogP contribution in [0.4, 0.5) is 0 Å². The van der Waals surface area contributed by atoms with Crippen LogP contribution in [0.2, 0.25) is 0 Å². The van der Waals surface area contributed by atoms with Gasteiger partial charge in [0.2, 0.25) is 5.91 Å². The van der Waals surface area contributed by atoms with Gasteiger partial charge in [-0.25, -0.2) is 5.43 Å². The Balaban J connectivity index is 1.60. The average Bonchev–Trinajstić information content (AvgIpc) is 3.01. The highest BCUT2D eigenvalue weighted by atomic mass is 16.5. The van der Waals surface area contributed by atoms with Gasteiger partial charge >= 0.3 is 0 Å². The van der Waals surface area contributed by atoms with Crippen molar-refractivity contribution < 1.29 is 9.53 Å². The number of amides is 1. The summed E-state index contributed by atoms with van der Waals surface area (Å²) >= 11 is 0. The van der Waals surface area contributed by atoms with Crippen LogP contribution >= 0.6 is 0 Å². The summed E-state index contributed by atoms with van der Waals surface area (Å²) in [6.07, 6.45) is 1.09. The SMILES string of the molecule is COc1ccc(C2C(C)NNC2NC(=O)CCc2ccccc2)cc1. The Morgan fingerprint density at radius 3 is 2.48 bits per heavy atom. The van der Waals surface area contributed by atoms with Gasteiger partial charge < -0.3 is 10.1 Å². The second-order valence-corrected chi connectivity index (χ2v) is 6.41. The van der Waals surface area contributed by atoms with Crippen LogP contribution in [0.5, 0.6) is 5.75 Å². The third-order valence-corrected chi connectivity index (χ3v) is 4.67. The lowest BCUT2D eigenvalue weighted by molar-refractivity contribution is -0.122.